The molecule has 10 nitrogen and oxygen atoms in total. The molecule has 0 radical (unpaired) electrons. The maximum Gasteiger partial charge on any atom is 0.287 e. The van der Waals surface area contributed by atoms with Crippen LogP contribution in [-0.2, 0) is 27.3 Å². The lowest BCUT2D eigenvalue weighted by Gasteiger charge is -2.26. The Labute approximate surface area is 242 Å². The van der Waals surface area contributed by atoms with Gasteiger partial charge in [0, 0.05) is 55.8 Å². The number of primary amides is 1. The first-order chi connectivity index (χ1) is 19.9. The number of halogens is 1. The van der Waals surface area contributed by atoms with E-state index in [0.717, 1.165) is 48.4 Å². The first-order valence-corrected chi connectivity index (χ1v) is 13.5. The van der Waals surface area contributed by atoms with Gasteiger partial charge in [-0.05, 0) is 35.4 Å². The molecule has 2 N–H and O–H groups in total. The number of benzene rings is 2. The predicted octanol–water partition coefficient (Wildman–Crippen LogP) is 3.03. The number of hydrogen-bond donors (Lipinski definition) is 1. The largest absolute Gasteiger partial charge is 0.379 e. The third-order valence-electron chi connectivity index (χ3n) is 6.84. The second-order valence-corrected chi connectivity index (χ2v) is 10.0. The summed E-state index contributed by atoms with van der Waals surface area (Å²) in [6.07, 6.45) is 3.25. The van der Waals surface area contributed by atoms with Crippen molar-refractivity contribution in [1.82, 2.24) is 24.1 Å². The van der Waals surface area contributed by atoms with E-state index in [0.29, 0.717) is 11.3 Å². The molecule has 0 saturated carbocycles. The van der Waals surface area contributed by atoms with Crippen LogP contribution >= 0.6 is 11.8 Å². The quantitative estimate of drug-likeness (QED) is 0.229. The number of ketones is 1. The Hall–Kier alpha value is -4.38. The summed E-state index contributed by atoms with van der Waals surface area (Å²) in [5.41, 5.74) is 8.89. The van der Waals surface area contributed by atoms with Crippen LogP contribution in [0.15, 0.2) is 85.2 Å². The van der Waals surface area contributed by atoms with Gasteiger partial charge in [0.15, 0.2) is 5.82 Å². The van der Waals surface area contributed by atoms with Gasteiger partial charge in [-0.25, -0.2) is 14.1 Å². The van der Waals surface area contributed by atoms with Crippen molar-refractivity contribution < 1.29 is 19.1 Å². The minimum atomic E-state index is -1.31. The van der Waals surface area contributed by atoms with Gasteiger partial charge in [-0.1, -0.05) is 48.5 Å². The van der Waals surface area contributed by atoms with Gasteiger partial charge in [-0.3, -0.25) is 19.3 Å². The predicted molar refractivity (Wildman–Crippen MR) is 153 cm³/mol. The zero-order chi connectivity index (χ0) is 28.8. The van der Waals surface area contributed by atoms with Gasteiger partial charge in [0.05, 0.1) is 24.5 Å². The van der Waals surface area contributed by atoms with E-state index in [-0.39, 0.29) is 17.8 Å². The molecule has 1 saturated heterocycles. The lowest BCUT2D eigenvalue weighted by Crippen LogP contribution is -2.46. The zero-order valence-corrected chi connectivity index (χ0v) is 23.0. The van der Waals surface area contributed by atoms with E-state index in [1.54, 1.807) is 42.6 Å². The molecule has 11 heteroatoms. The fourth-order valence-corrected chi connectivity index (χ4v) is 4.97. The molecule has 0 spiro atoms. The molecule has 0 aliphatic carbocycles. The smallest absolute Gasteiger partial charge is 0.287 e. The van der Waals surface area contributed by atoms with Gasteiger partial charge in [0.2, 0.25) is 5.78 Å². The lowest BCUT2D eigenvalue weighted by atomic mass is 10.0. The highest BCUT2D eigenvalue weighted by Gasteiger charge is 2.34. The van der Waals surface area contributed by atoms with Crippen LogP contribution in [0.2, 0.25) is 0 Å². The third-order valence-corrected chi connectivity index (χ3v) is 7.23. The third kappa shape index (κ3) is 6.68. The summed E-state index contributed by atoms with van der Waals surface area (Å²) >= 11 is 6.46. The highest BCUT2D eigenvalue weighted by Crippen LogP contribution is 2.23. The van der Waals surface area contributed by atoms with Crippen LogP contribution in [0.4, 0.5) is 0 Å². The molecule has 1 atom stereocenters. The fourth-order valence-electron chi connectivity index (χ4n) is 4.72. The van der Waals surface area contributed by atoms with Crippen molar-refractivity contribution in [3.05, 3.63) is 102 Å². The maximum atomic E-state index is 13.6. The molecule has 210 valence electrons. The SMILES string of the molecule is NC(=O)C(=O)C(Cc1ccccc1)N(Cl)C(=O)c1cccnc1-n1ccc(-c2cccc(CN3CCOCC3)c2)n1. The van der Waals surface area contributed by atoms with Crippen molar-refractivity contribution in [2.24, 2.45) is 5.73 Å². The normalized spacial score (nSPS) is 14.4. The topological polar surface area (TPSA) is 124 Å². The average Bonchev–Trinajstić information content (AvgIpc) is 3.50. The number of amides is 2. The molecule has 3 heterocycles. The monoisotopic (exact) mass is 572 g/mol. The second-order valence-electron chi connectivity index (χ2n) is 9.66. The van der Waals surface area contributed by atoms with Crippen molar-refractivity contribution in [3.63, 3.8) is 0 Å². The Kier molecular flexibility index (Phi) is 8.83. The van der Waals surface area contributed by atoms with Crippen LogP contribution in [-0.4, -0.2) is 74.0 Å². The zero-order valence-electron chi connectivity index (χ0n) is 22.2. The van der Waals surface area contributed by atoms with Crippen molar-refractivity contribution >= 4 is 29.4 Å². The number of Topliss-reactive ketones (excluding diaryl/α,β-unsaturated/α-hetero) is 1. The number of ether oxygens (including phenoxy) is 1. The molecule has 5 rings (SSSR count). The van der Waals surface area contributed by atoms with Gasteiger partial charge in [-0.2, -0.15) is 5.10 Å². The van der Waals surface area contributed by atoms with Gasteiger partial charge < -0.3 is 10.5 Å². The van der Waals surface area contributed by atoms with Crippen molar-refractivity contribution in [3.8, 4) is 17.1 Å². The first-order valence-electron chi connectivity index (χ1n) is 13.2. The van der Waals surface area contributed by atoms with Crippen LogP contribution in [0.3, 0.4) is 0 Å². The van der Waals surface area contributed by atoms with E-state index in [1.807, 2.05) is 24.3 Å². The number of pyridine rings is 1. The number of nitrogens with zero attached hydrogens (tertiary/aromatic N) is 5. The van der Waals surface area contributed by atoms with E-state index in [1.165, 1.54) is 10.9 Å². The van der Waals surface area contributed by atoms with Crippen molar-refractivity contribution in [2.45, 2.75) is 19.0 Å². The number of aromatic nitrogens is 3. The highest BCUT2D eigenvalue weighted by atomic mass is 35.5. The standard InChI is InChI=1S/C30H29ClN6O4/c31-37(26(27(38)28(32)39)19-21-6-2-1-3-7-21)30(40)24-10-5-12-33-29(24)36-13-11-25(34-36)23-9-4-8-22(18-23)20-35-14-16-41-17-15-35/h1-13,18,26H,14-17,19-20H2,(H2,32,39). The summed E-state index contributed by atoms with van der Waals surface area (Å²) in [4.78, 5) is 44.8. The van der Waals surface area contributed by atoms with Crippen molar-refractivity contribution in [2.75, 3.05) is 26.3 Å². The van der Waals surface area contributed by atoms with Gasteiger partial charge in [0.25, 0.3) is 11.8 Å². The van der Waals surface area contributed by atoms with E-state index in [9.17, 15) is 14.4 Å². The number of nitrogens with two attached hydrogens (primary N) is 1. The van der Waals surface area contributed by atoms with E-state index in [2.05, 4.69) is 27.1 Å². The van der Waals surface area contributed by atoms with Gasteiger partial charge >= 0.3 is 0 Å². The molecule has 1 unspecified atom stereocenters. The summed E-state index contributed by atoms with van der Waals surface area (Å²) < 4.78 is 7.66. The molecule has 2 aromatic carbocycles. The Balaban J connectivity index is 1.39. The molecular formula is C30H29ClN6O4. The van der Waals surface area contributed by atoms with Crippen molar-refractivity contribution in [1.29, 1.82) is 0 Å². The summed E-state index contributed by atoms with van der Waals surface area (Å²) in [5.74, 6) is -2.64. The Morgan fingerprint density at radius 1 is 0.976 bits per heavy atom. The molecule has 1 aliphatic rings. The molecule has 0 bridgehead atoms. The number of carbonyl (C=O) groups excluding carboxylic acids is 3. The van der Waals surface area contributed by atoms with Gasteiger partial charge in [-0.15, -0.1) is 0 Å². The van der Waals surface area contributed by atoms with Crippen LogP contribution in [0.25, 0.3) is 17.1 Å². The molecule has 4 aromatic rings. The molecule has 2 amide bonds. The summed E-state index contributed by atoms with van der Waals surface area (Å²) in [7, 11) is 0. The Morgan fingerprint density at radius 2 is 1.73 bits per heavy atom. The summed E-state index contributed by atoms with van der Waals surface area (Å²) in [6.45, 7) is 4.07. The molecular weight excluding hydrogens is 544 g/mol. The number of morpholine rings is 1. The van der Waals surface area contributed by atoms with E-state index < -0.39 is 23.6 Å². The fraction of sp³-hybridized carbons (Fsp3) is 0.233. The van der Waals surface area contributed by atoms with E-state index >= 15 is 0 Å². The van der Waals surface area contributed by atoms with Crippen LogP contribution in [0.1, 0.15) is 21.5 Å². The summed E-state index contributed by atoms with van der Waals surface area (Å²) in [6, 6.07) is 20.7. The minimum Gasteiger partial charge on any atom is -0.379 e. The lowest BCUT2D eigenvalue weighted by molar-refractivity contribution is -0.137. The van der Waals surface area contributed by atoms with E-state index in [4.69, 9.17) is 22.2 Å². The molecule has 1 fully saturated rings. The highest BCUT2D eigenvalue weighted by molar-refractivity contribution is 6.40. The maximum absolute atomic E-state index is 13.6. The van der Waals surface area contributed by atoms with Crippen LogP contribution in [0, 0.1) is 0 Å². The first kappa shape index (κ1) is 28.2. The van der Waals surface area contributed by atoms with Crippen LogP contribution < -0.4 is 5.73 Å². The Morgan fingerprint density at radius 3 is 2.49 bits per heavy atom. The average molecular weight is 573 g/mol. The Bertz CT molecular complexity index is 1540. The molecule has 1 aliphatic heterocycles. The minimum absolute atomic E-state index is 0.0140. The van der Waals surface area contributed by atoms with Gasteiger partial charge in [0.1, 0.15) is 6.04 Å². The number of carbonyl (C=O) groups is 3. The summed E-state index contributed by atoms with van der Waals surface area (Å²) in [5, 5.41) is 4.68. The molecule has 2 aromatic heterocycles. The number of rotatable bonds is 10. The number of hydrogen-bond acceptors (Lipinski definition) is 7. The van der Waals surface area contributed by atoms with Crippen LogP contribution in [0.5, 0.6) is 0 Å². The molecule has 41 heavy (non-hydrogen) atoms. The second kappa shape index (κ2) is 12.9.